The van der Waals surface area contributed by atoms with E-state index in [1.165, 1.54) is 24.8 Å². The highest BCUT2D eigenvalue weighted by molar-refractivity contribution is 5.48. The van der Waals surface area contributed by atoms with Gasteiger partial charge in [0.1, 0.15) is 0 Å². The Bertz CT molecular complexity index is 398. The smallest absolute Gasteiger partial charge is 0.162 e. The fourth-order valence-corrected chi connectivity index (χ4v) is 2.57. The zero-order valence-electron chi connectivity index (χ0n) is 11.4. The summed E-state index contributed by atoms with van der Waals surface area (Å²) in [5.41, 5.74) is 2.21. The lowest BCUT2D eigenvalue weighted by atomic mass is 10.0. The molecule has 100 valence electrons. The fraction of sp³-hybridized carbons (Fsp3) is 0.600. The number of hydrogen-bond donors (Lipinski definition) is 1. The largest absolute Gasteiger partial charge is 0.504 e. The van der Waals surface area contributed by atoms with Gasteiger partial charge in [-0.1, -0.05) is 19.4 Å². The van der Waals surface area contributed by atoms with E-state index in [1.54, 1.807) is 7.11 Å². The summed E-state index contributed by atoms with van der Waals surface area (Å²) >= 11 is 0. The normalized spacial score (nSPS) is 16.8. The fourth-order valence-electron chi connectivity index (χ4n) is 2.57. The Morgan fingerprint density at radius 2 is 1.94 bits per heavy atom. The maximum atomic E-state index is 10.2. The lowest BCUT2D eigenvalue weighted by Crippen LogP contribution is -2.29. The molecule has 1 fully saturated rings. The Hall–Kier alpha value is -1.22. The third-order valence-corrected chi connectivity index (χ3v) is 3.68. The van der Waals surface area contributed by atoms with Gasteiger partial charge in [-0.05, 0) is 44.0 Å². The van der Waals surface area contributed by atoms with Crippen LogP contribution in [0.5, 0.6) is 11.5 Å². The van der Waals surface area contributed by atoms with Crippen LogP contribution in [-0.4, -0.2) is 30.2 Å². The summed E-state index contributed by atoms with van der Waals surface area (Å²) in [6.07, 6.45) is 4.83. The standard InChI is InChI=1S/C15H23NO2/c1-3-12-9-13(15(17)14(10-12)18-2)11-16-7-5-4-6-8-16/h9-10,17H,3-8,11H2,1-2H3. The Labute approximate surface area is 109 Å². The number of methoxy groups -OCH3 is 1. The van der Waals surface area contributed by atoms with Crippen LogP contribution in [0, 0.1) is 0 Å². The number of phenolic OH excluding ortho intramolecular Hbond substituents is 1. The van der Waals surface area contributed by atoms with Gasteiger partial charge in [0.25, 0.3) is 0 Å². The average molecular weight is 249 g/mol. The summed E-state index contributed by atoms with van der Waals surface area (Å²) < 4.78 is 5.25. The van der Waals surface area contributed by atoms with E-state index in [2.05, 4.69) is 17.9 Å². The van der Waals surface area contributed by atoms with E-state index in [0.29, 0.717) is 11.5 Å². The first kappa shape index (κ1) is 13.2. The maximum Gasteiger partial charge on any atom is 0.162 e. The van der Waals surface area contributed by atoms with Crippen LogP contribution >= 0.6 is 0 Å². The second-order valence-electron chi connectivity index (χ2n) is 5.00. The Balaban J connectivity index is 2.19. The van der Waals surface area contributed by atoms with E-state index in [1.807, 2.05) is 6.07 Å². The van der Waals surface area contributed by atoms with Gasteiger partial charge in [-0.15, -0.1) is 0 Å². The first-order valence-electron chi connectivity index (χ1n) is 6.85. The first-order valence-corrected chi connectivity index (χ1v) is 6.85. The van der Waals surface area contributed by atoms with Crippen molar-refractivity contribution in [1.82, 2.24) is 4.90 Å². The summed E-state index contributed by atoms with van der Waals surface area (Å²) in [5.74, 6) is 0.904. The molecule has 1 aliphatic rings. The van der Waals surface area contributed by atoms with Crippen molar-refractivity contribution in [2.45, 2.75) is 39.2 Å². The lowest BCUT2D eigenvalue weighted by molar-refractivity contribution is 0.217. The SMILES string of the molecule is CCc1cc(CN2CCCCC2)c(O)c(OC)c1. The van der Waals surface area contributed by atoms with Crippen LogP contribution in [-0.2, 0) is 13.0 Å². The minimum Gasteiger partial charge on any atom is -0.504 e. The summed E-state index contributed by atoms with van der Waals surface area (Å²) in [6.45, 7) is 5.22. The van der Waals surface area contributed by atoms with Gasteiger partial charge in [0.15, 0.2) is 11.5 Å². The molecule has 3 nitrogen and oxygen atoms in total. The first-order chi connectivity index (χ1) is 8.74. The highest BCUT2D eigenvalue weighted by Gasteiger charge is 2.15. The molecule has 0 atom stereocenters. The molecule has 0 spiro atoms. The van der Waals surface area contributed by atoms with Crippen LogP contribution in [0.3, 0.4) is 0 Å². The quantitative estimate of drug-likeness (QED) is 0.890. The van der Waals surface area contributed by atoms with Crippen LogP contribution in [0.1, 0.15) is 37.3 Å². The van der Waals surface area contributed by atoms with E-state index in [9.17, 15) is 5.11 Å². The van der Waals surface area contributed by atoms with Crippen LogP contribution in [0.4, 0.5) is 0 Å². The van der Waals surface area contributed by atoms with Gasteiger partial charge in [-0.3, -0.25) is 4.90 Å². The van der Waals surface area contributed by atoms with Crippen molar-refractivity contribution in [2.75, 3.05) is 20.2 Å². The van der Waals surface area contributed by atoms with Gasteiger partial charge in [-0.25, -0.2) is 0 Å². The van der Waals surface area contributed by atoms with Crippen molar-refractivity contribution in [3.63, 3.8) is 0 Å². The topological polar surface area (TPSA) is 32.7 Å². The van der Waals surface area contributed by atoms with Crippen molar-refractivity contribution in [3.05, 3.63) is 23.3 Å². The highest BCUT2D eigenvalue weighted by atomic mass is 16.5. The van der Waals surface area contributed by atoms with Gasteiger partial charge in [-0.2, -0.15) is 0 Å². The monoisotopic (exact) mass is 249 g/mol. The molecule has 1 aliphatic heterocycles. The lowest BCUT2D eigenvalue weighted by Gasteiger charge is -2.27. The van der Waals surface area contributed by atoms with Crippen molar-refractivity contribution < 1.29 is 9.84 Å². The summed E-state index contributed by atoms with van der Waals surface area (Å²) in [4.78, 5) is 2.41. The molecule has 3 heteroatoms. The number of ether oxygens (including phenoxy) is 1. The molecule has 1 aromatic rings. The van der Waals surface area contributed by atoms with Gasteiger partial charge < -0.3 is 9.84 Å². The van der Waals surface area contributed by atoms with Crippen LogP contribution in [0.15, 0.2) is 12.1 Å². The van der Waals surface area contributed by atoms with Gasteiger partial charge in [0, 0.05) is 12.1 Å². The molecule has 2 rings (SSSR count). The predicted molar refractivity (Wildman–Crippen MR) is 73.2 cm³/mol. The number of piperidine rings is 1. The maximum absolute atomic E-state index is 10.2. The molecule has 0 bridgehead atoms. The van der Waals surface area contributed by atoms with Crippen LogP contribution in [0.2, 0.25) is 0 Å². The van der Waals surface area contributed by atoms with Crippen molar-refractivity contribution >= 4 is 0 Å². The van der Waals surface area contributed by atoms with E-state index < -0.39 is 0 Å². The molecule has 0 saturated carbocycles. The number of likely N-dealkylation sites (tertiary alicyclic amines) is 1. The van der Waals surface area contributed by atoms with E-state index in [-0.39, 0.29) is 0 Å². The van der Waals surface area contributed by atoms with Crippen molar-refractivity contribution in [3.8, 4) is 11.5 Å². The van der Waals surface area contributed by atoms with Gasteiger partial charge in [0.05, 0.1) is 7.11 Å². The van der Waals surface area contributed by atoms with Crippen molar-refractivity contribution in [1.29, 1.82) is 0 Å². The second-order valence-corrected chi connectivity index (χ2v) is 5.00. The number of aromatic hydroxyl groups is 1. The molecule has 1 aromatic carbocycles. The summed E-state index contributed by atoms with van der Waals surface area (Å²) in [7, 11) is 1.61. The second kappa shape index (κ2) is 6.10. The molecule has 0 radical (unpaired) electrons. The number of aryl methyl sites for hydroxylation is 1. The minimum atomic E-state index is 0.306. The van der Waals surface area contributed by atoms with E-state index in [0.717, 1.165) is 31.6 Å². The molecule has 18 heavy (non-hydrogen) atoms. The number of benzene rings is 1. The Morgan fingerprint density at radius 1 is 1.22 bits per heavy atom. The molecule has 0 aliphatic carbocycles. The van der Waals surface area contributed by atoms with E-state index >= 15 is 0 Å². The minimum absolute atomic E-state index is 0.306. The Kier molecular flexibility index (Phi) is 4.48. The Morgan fingerprint density at radius 3 is 2.56 bits per heavy atom. The third-order valence-electron chi connectivity index (χ3n) is 3.68. The average Bonchev–Trinajstić information content (AvgIpc) is 2.42. The molecular weight excluding hydrogens is 226 g/mol. The molecular formula is C15H23NO2. The number of phenols is 1. The number of rotatable bonds is 4. The van der Waals surface area contributed by atoms with Gasteiger partial charge in [0.2, 0.25) is 0 Å². The van der Waals surface area contributed by atoms with Gasteiger partial charge >= 0.3 is 0 Å². The summed E-state index contributed by atoms with van der Waals surface area (Å²) in [5, 5.41) is 10.2. The highest BCUT2D eigenvalue weighted by Crippen LogP contribution is 2.33. The third kappa shape index (κ3) is 2.96. The van der Waals surface area contributed by atoms with Crippen LogP contribution < -0.4 is 4.74 Å². The number of nitrogens with zero attached hydrogens (tertiary/aromatic N) is 1. The van der Waals surface area contributed by atoms with Crippen LogP contribution in [0.25, 0.3) is 0 Å². The molecule has 0 aromatic heterocycles. The molecule has 1 N–H and O–H groups in total. The summed E-state index contributed by atoms with van der Waals surface area (Å²) in [6, 6.07) is 4.03. The zero-order chi connectivity index (χ0) is 13.0. The van der Waals surface area contributed by atoms with Crippen molar-refractivity contribution in [2.24, 2.45) is 0 Å². The molecule has 1 saturated heterocycles. The van der Waals surface area contributed by atoms with E-state index in [4.69, 9.17) is 4.74 Å². The predicted octanol–water partition coefficient (Wildman–Crippen LogP) is 2.95. The zero-order valence-corrected chi connectivity index (χ0v) is 11.4. The molecule has 0 unspecified atom stereocenters. The molecule has 1 heterocycles. The number of hydrogen-bond acceptors (Lipinski definition) is 3. The molecule has 0 amide bonds.